The fraction of sp³-hybridized carbons (Fsp3) is 0.364. The van der Waals surface area contributed by atoms with E-state index in [0.29, 0.717) is 0 Å². The van der Waals surface area contributed by atoms with Gasteiger partial charge in [-0.3, -0.25) is 9.59 Å². The van der Waals surface area contributed by atoms with E-state index in [4.69, 9.17) is 10.5 Å². The third-order valence-corrected chi connectivity index (χ3v) is 5.70. The van der Waals surface area contributed by atoms with Gasteiger partial charge in [-0.2, -0.15) is 8.78 Å². The van der Waals surface area contributed by atoms with Crippen LogP contribution in [0.25, 0.3) is 0 Å². The zero-order chi connectivity index (χ0) is 23.8. The van der Waals surface area contributed by atoms with Crippen LogP contribution in [-0.2, 0) is 9.53 Å². The molecule has 0 unspecified atom stereocenters. The van der Waals surface area contributed by atoms with Crippen molar-refractivity contribution in [3.8, 4) is 5.75 Å². The molecule has 0 bridgehead atoms. The number of nitrogens with one attached hydrogen (secondary N) is 1. The summed E-state index contributed by atoms with van der Waals surface area (Å²) in [4.78, 5) is 24.5. The molecule has 2 amide bonds. The number of halogens is 4. The molecule has 6 nitrogen and oxygen atoms in total. The van der Waals surface area contributed by atoms with Crippen LogP contribution in [0.3, 0.4) is 0 Å². The first-order valence-corrected chi connectivity index (χ1v) is 9.73. The standard InChI is InChI=1S/C22H22F4N2O4/c1-10-17(13-6-4-11(23)8-16(13)31-21(25)26)18(32-22(10,2)3)20(30)28-12-5-7-15(24)14(9-12)19(27)29/h4-10,17-18,21H,1-3H3,(H2,27,29)(H,28,30)/t10-,17-,18+/m1/s1. The summed E-state index contributed by atoms with van der Waals surface area (Å²) in [5.41, 5.74) is 4.15. The van der Waals surface area contributed by atoms with Crippen molar-refractivity contribution in [2.45, 2.75) is 45.0 Å². The number of rotatable bonds is 6. The van der Waals surface area contributed by atoms with Gasteiger partial charge in [0, 0.05) is 23.2 Å². The van der Waals surface area contributed by atoms with Crippen LogP contribution in [0.5, 0.6) is 5.75 Å². The van der Waals surface area contributed by atoms with Crippen LogP contribution in [0, 0.1) is 17.6 Å². The average Bonchev–Trinajstić information content (AvgIpc) is 2.92. The van der Waals surface area contributed by atoms with E-state index in [2.05, 4.69) is 10.1 Å². The number of anilines is 1. The molecule has 0 aromatic heterocycles. The minimum absolute atomic E-state index is 0.0908. The Morgan fingerprint density at radius 2 is 1.84 bits per heavy atom. The summed E-state index contributed by atoms with van der Waals surface area (Å²) < 4.78 is 63.7. The minimum Gasteiger partial charge on any atom is -0.434 e. The Kier molecular flexibility index (Phi) is 6.45. The Morgan fingerprint density at radius 3 is 2.47 bits per heavy atom. The van der Waals surface area contributed by atoms with Crippen molar-refractivity contribution in [2.24, 2.45) is 11.7 Å². The normalized spacial score (nSPS) is 22.1. The van der Waals surface area contributed by atoms with Gasteiger partial charge in [-0.25, -0.2) is 8.78 Å². The molecule has 10 heteroatoms. The third-order valence-electron chi connectivity index (χ3n) is 5.70. The van der Waals surface area contributed by atoms with E-state index in [1.165, 1.54) is 12.1 Å². The monoisotopic (exact) mass is 454 g/mol. The molecular weight excluding hydrogens is 432 g/mol. The van der Waals surface area contributed by atoms with E-state index < -0.39 is 59.0 Å². The van der Waals surface area contributed by atoms with Crippen LogP contribution >= 0.6 is 0 Å². The molecular formula is C22H22F4N2O4. The largest absolute Gasteiger partial charge is 0.434 e. The van der Waals surface area contributed by atoms with E-state index in [1.807, 2.05) is 0 Å². The van der Waals surface area contributed by atoms with Gasteiger partial charge in [0.15, 0.2) is 0 Å². The van der Waals surface area contributed by atoms with Crippen LogP contribution in [0.1, 0.15) is 42.6 Å². The van der Waals surface area contributed by atoms with Crippen LogP contribution < -0.4 is 15.8 Å². The second-order valence-electron chi connectivity index (χ2n) is 8.07. The molecule has 0 saturated carbocycles. The number of hydrogen-bond donors (Lipinski definition) is 2. The second kappa shape index (κ2) is 8.78. The van der Waals surface area contributed by atoms with Crippen molar-refractivity contribution in [2.75, 3.05) is 5.32 Å². The highest BCUT2D eigenvalue weighted by Gasteiger charge is 2.51. The number of ether oxygens (including phenoxy) is 2. The SMILES string of the molecule is C[C@@H]1[C@H](c2ccc(F)cc2OC(F)F)[C@@H](C(=O)Nc2ccc(F)c(C(N)=O)c2)OC1(C)C. The molecule has 2 aromatic rings. The zero-order valence-corrected chi connectivity index (χ0v) is 17.5. The molecule has 0 spiro atoms. The summed E-state index contributed by atoms with van der Waals surface area (Å²) >= 11 is 0. The topological polar surface area (TPSA) is 90.6 Å². The van der Waals surface area contributed by atoms with Crippen molar-refractivity contribution in [1.29, 1.82) is 0 Å². The van der Waals surface area contributed by atoms with E-state index >= 15 is 0 Å². The first kappa shape index (κ1) is 23.5. The Labute approximate surface area is 181 Å². The van der Waals surface area contributed by atoms with Crippen molar-refractivity contribution in [3.63, 3.8) is 0 Å². The lowest BCUT2D eigenvalue weighted by Crippen LogP contribution is -2.33. The summed E-state index contributed by atoms with van der Waals surface area (Å²) in [5, 5.41) is 2.53. The molecule has 3 rings (SSSR count). The molecule has 172 valence electrons. The number of amides is 2. The van der Waals surface area contributed by atoms with Crippen molar-refractivity contribution >= 4 is 17.5 Å². The van der Waals surface area contributed by atoms with E-state index in [1.54, 1.807) is 20.8 Å². The molecule has 1 aliphatic heterocycles. The van der Waals surface area contributed by atoms with Crippen molar-refractivity contribution in [1.82, 2.24) is 0 Å². The third kappa shape index (κ3) is 4.69. The van der Waals surface area contributed by atoms with E-state index in [9.17, 15) is 27.2 Å². The lowest BCUT2D eigenvalue weighted by atomic mass is 9.78. The van der Waals surface area contributed by atoms with Gasteiger partial charge in [-0.15, -0.1) is 0 Å². The average molecular weight is 454 g/mol. The quantitative estimate of drug-likeness (QED) is 0.640. The lowest BCUT2D eigenvalue weighted by Gasteiger charge is -2.26. The van der Waals surface area contributed by atoms with Crippen LogP contribution in [0.4, 0.5) is 23.2 Å². The van der Waals surface area contributed by atoms with Gasteiger partial charge in [0.1, 0.15) is 23.5 Å². The van der Waals surface area contributed by atoms with Crippen LogP contribution in [0.2, 0.25) is 0 Å². The molecule has 0 radical (unpaired) electrons. The van der Waals surface area contributed by atoms with Gasteiger partial charge in [0.2, 0.25) is 0 Å². The molecule has 1 heterocycles. The molecule has 1 fully saturated rings. The van der Waals surface area contributed by atoms with E-state index in [-0.39, 0.29) is 17.2 Å². The van der Waals surface area contributed by atoms with Gasteiger partial charge in [-0.05, 0) is 44.0 Å². The number of benzene rings is 2. The first-order chi connectivity index (χ1) is 14.9. The van der Waals surface area contributed by atoms with Crippen molar-refractivity contribution in [3.05, 3.63) is 59.2 Å². The predicted molar refractivity (Wildman–Crippen MR) is 107 cm³/mol. The Hall–Kier alpha value is -3.14. The van der Waals surface area contributed by atoms with Crippen molar-refractivity contribution < 1.29 is 36.6 Å². The number of carbonyl (C=O) groups is 2. The molecule has 1 aliphatic rings. The zero-order valence-electron chi connectivity index (χ0n) is 17.5. The maximum absolute atomic E-state index is 13.7. The molecule has 3 N–H and O–H groups in total. The number of carbonyl (C=O) groups excluding carboxylic acids is 2. The number of nitrogens with two attached hydrogens (primary N) is 1. The molecule has 2 aromatic carbocycles. The summed E-state index contributed by atoms with van der Waals surface area (Å²) in [6, 6.07) is 6.48. The summed E-state index contributed by atoms with van der Waals surface area (Å²) in [7, 11) is 0. The highest BCUT2D eigenvalue weighted by atomic mass is 19.3. The van der Waals surface area contributed by atoms with E-state index in [0.717, 1.165) is 24.3 Å². The smallest absolute Gasteiger partial charge is 0.387 e. The number of hydrogen-bond acceptors (Lipinski definition) is 4. The van der Waals surface area contributed by atoms with Gasteiger partial charge in [0.25, 0.3) is 11.8 Å². The molecule has 0 aliphatic carbocycles. The van der Waals surface area contributed by atoms with Gasteiger partial charge in [-0.1, -0.05) is 13.0 Å². The second-order valence-corrected chi connectivity index (χ2v) is 8.07. The Balaban J connectivity index is 1.97. The molecule has 1 saturated heterocycles. The summed E-state index contributed by atoms with van der Waals surface area (Å²) in [5.74, 6) is -4.82. The maximum Gasteiger partial charge on any atom is 0.387 e. The lowest BCUT2D eigenvalue weighted by molar-refractivity contribution is -0.131. The van der Waals surface area contributed by atoms with Crippen LogP contribution in [-0.4, -0.2) is 30.1 Å². The fourth-order valence-electron chi connectivity index (χ4n) is 3.84. The Morgan fingerprint density at radius 1 is 1.16 bits per heavy atom. The highest BCUT2D eigenvalue weighted by molar-refractivity contribution is 5.98. The minimum atomic E-state index is -3.19. The van der Waals surface area contributed by atoms with Gasteiger partial charge >= 0.3 is 6.61 Å². The first-order valence-electron chi connectivity index (χ1n) is 9.73. The summed E-state index contributed by atoms with van der Waals surface area (Å²) in [6.45, 7) is 2.05. The number of alkyl halides is 2. The Bertz CT molecular complexity index is 1040. The fourth-order valence-corrected chi connectivity index (χ4v) is 3.84. The molecule has 3 atom stereocenters. The van der Waals surface area contributed by atoms with Crippen LogP contribution in [0.15, 0.2) is 36.4 Å². The van der Waals surface area contributed by atoms with Gasteiger partial charge in [0.05, 0.1) is 11.2 Å². The highest BCUT2D eigenvalue weighted by Crippen LogP contribution is 2.49. The summed E-state index contributed by atoms with van der Waals surface area (Å²) in [6.07, 6.45) is -1.17. The van der Waals surface area contributed by atoms with Gasteiger partial charge < -0.3 is 20.5 Å². The predicted octanol–water partition coefficient (Wildman–Crippen LogP) is 4.20. The molecule has 32 heavy (non-hydrogen) atoms. The number of primary amides is 1. The maximum atomic E-state index is 13.7.